The van der Waals surface area contributed by atoms with Crippen LogP contribution >= 0.6 is 0 Å². The van der Waals surface area contributed by atoms with Crippen molar-refractivity contribution >= 4 is 41.7 Å². The summed E-state index contributed by atoms with van der Waals surface area (Å²) in [6, 6.07) is 22.7. The first kappa shape index (κ1) is 29.5. The van der Waals surface area contributed by atoms with E-state index in [0.29, 0.717) is 24.0 Å². The number of aliphatic hydroxyl groups is 2. The molecule has 2 aliphatic rings. The second-order valence-electron chi connectivity index (χ2n) is 11.0. The van der Waals surface area contributed by atoms with Crippen LogP contribution in [-0.2, 0) is 9.59 Å². The molecule has 0 saturated carbocycles. The van der Waals surface area contributed by atoms with Crippen LogP contribution in [0.25, 0.3) is 11.6 Å². The number of imide groups is 1. The van der Waals surface area contributed by atoms with Gasteiger partial charge in [0.25, 0.3) is 0 Å². The second-order valence-corrected chi connectivity index (χ2v) is 11.0. The lowest BCUT2D eigenvalue weighted by Gasteiger charge is -2.35. The lowest BCUT2D eigenvalue weighted by Crippen LogP contribution is -2.39. The molecule has 8 nitrogen and oxygen atoms in total. The third-order valence-corrected chi connectivity index (χ3v) is 8.41. The minimum absolute atomic E-state index is 0.150. The minimum Gasteiger partial charge on any atom is -0.507 e. The number of allylic oxidation sites excluding steroid dienone is 2. The van der Waals surface area contributed by atoms with Gasteiger partial charge in [0.2, 0.25) is 11.8 Å². The molecule has 0 radical (unpaired) electrons. The van der Waals surface area contributed by atoms with Gasteiger partial charge in [-0.05, 0) is 72.6 Å². The summed E-state index contributed by atoms with van der Waals surface area (Å²) in [6.07, 6.45) is 1.96. The fourth-order valence-electron chi connectivity index (χ4n) is 6.39. The standard InChI is InChI=1S/C33H34BNO7/c1-20-16-26-31(33(40)35(32(26)39)25-12-7-11-24(18-25)34(41)42)27(19-36)30(20)29(38)15-14-22(21-8-3-2-4-9-21)17-23-10-5-6-13-28(23)37/h2-13,17-18,26-27,29,31,36-38,41-42H,14-16,19H2,1H3/b22-17-/t26-,27+,29-,31-/m1/s1. The molecule has 1 saturated heterocycles. The Labute approximate surface area is 245 Å². The molecule has 1 fully saturated rings. The molecule has 0 unspecified atom stereocenters. The van der Waals surface area contributed by atoms with Crippen molar-refractivity contribution in [3.8, 4) is 5.75 Å². The molecule has 2 amide bonds. The van der Waals surface area contributed by atoms with Gasteiger partial charge in [0, 0.05) is 11.5 Å². The SMILES string of the molecule is CC1=C([C@H](O)CC/C(=C/c2ccccc2O)c2ccccc2)[C@H](CO)[C@@H]2C(=O)N(c3cccc(B(O)O)c3)C(=O)[C@@H]2C1. The zero-order valence-corrected chi connectivity index (χ0v) is 23.3. The van der Waals surface area contributed by atoms with Gasteiger partial charge in [-0.15, -0.1) is 0 Å². The molecule has 5 rings (SSSR count). The van der Waals surface area contributed by atoms with Crippen LogP contribution < -0.4 is 10.4 Å². The van der Waals surface area contributed by atoms with Crippen molar-refractivity contribution in [3.63, 3.8) is 0 Å². The van der Waals surface area contributed by atoms with Gasteiger partial charge in [0.1, 0.15) is 5.75 Å². The fourth-order valence-corrected chi connectivity index (χ4v) is 6.39. The number of para-hydroxylation sites is 1. The molecule has 3 aromatic rings. The molecule has 1 aliphatic carbocycles. The fraction of sp³-hybridized carbons (Fsp3) is 0.273. The zero-order valence-electron chi connectivity index (χ0n) is 23.3. The van der Waals surface area contributed by atoms with E-state index in [-0.39, 0.29) is 23.3 Å². The largest absolute Gasteiger partial charge is 0.507 e. The number of hydrogen-bond acceptors (Lipinski definition) is 7. The number of phenols is 1. The van der Waals surface area contributed by atoms with Crippen molar-refractivity contribution in [2.24, 2.45) is 17.8 Å². The van der Waals surface area contributed by atoms with Crippen LogP contribution in [-0.4, -0.2) is 57.0 Å². The van der Waals surface area contributed by atoms with Crippen molar-refractivity contribution in [2.45, 2.75) is 32.3 Å². The molecule has 0 aromatic heterocycles. The zero-order chi connectivity index (χ0) is 30.0. The maximum Gasteiger partial charge on any atom is 0.488 e. The summed E-state index contributed by atoms with van der Waals surface area (Å²) in [4.78, 5) is 28.2. The van der Waals surface area contributed by atoms with E-state index >= 15 is 0 Å². The Morgan fingerprint density at radius 1 is 1.00 bits per heavy atom. The highest BCUT2D eigenvalue weighted by Gasteiger charge is 2.54. The Bertz CT molecular complexity index is 1530. The molecular weight excluding hydrogens is 533 g/mol. The Morgan fingerprint density at radius 3 is 2.40 bits per heavy atom. The summed E-state index contributed by atoms with van der Waals surface area (Å²) < 4.78 is 0. The van der Waals surface area contributed by atoms with Crippen molar-refractivity contribution in [2.75, 3.05) is 11.5 Å². The van der Waals surface area contributed by atoms with Gasteiger partial charge in [0.15, 0.2) is 0 Å². The molecule has 5 N–H and O–H groups in total. The normalized spacial score (nSPS) is 21.5. The van der Waals surface area contributed by atoms with E-state index in [1.165, 1.54) is 12.1 Å². The smallest absolute Gasteiger partial charge is 0.488 e. The number of hydrogen-bond donors (Lipinski definition) is 5. The lowest BCUT2D eigenvalue weighted by molar-refractivity contribution is -0.123. The highest BCUT2D eigenvalue weighted by atomic mass is 16.4. The van der Waals surface area contributed by atoms with Gasteiger partial charge in [-0.1, -0.05) is 66.2 Å². The highest BCUT2D eigenvalue weighted by Crippen LogP contribution is 2.47. The van der Waals surface area contributed by atoms with Crippen LogP contribution in [0, 0.1) is 17.8 Å². The Balaban J connectivity index is 1.41. The highest BCUT2D eigenvalue weighted by molar-refractivity contribution is 6.58. The first-order valence-electron chi connectivity index (χ1n) is 14.1. The van der Waals surface area contributed by atoms with Gasteiger partial charge < -0.3 is 25.4 Å². The molecular formula is C33H34BNO7. The number of fused-ring (bicyclic) bond motifs is 1. The molecule has 42 heavy (non-hydrogen) atoms. The van der Waals surface area contributed by atoms with Crippen molar-refractivity contribution in [3.05, 3.63) is 101 Å². The molecule has 1 aliphatic heterocycles. The summed E-state index contributed by atoms with van der Waals surface area (Å²) in [5.41, 5.74) is 4.26. The van der Waals surface area contributed by atoms with Crippen LogP contribution in [0.4, 0.5) is 5.69 Å². The molecule has 0 bridgehead atoms. The van der Waals surface area contributed by atoms with E-state index in [1.807, 2.05) is 55.5 Å². The van der Waals surface area contributed by atoms with E-state index < -0.39 is 49.4 Å². The maximum atomic E-state index is 13.7. The van der Waals surface area contributed by atoms with Gasteiger partial charge in [-0.2, -0.15) is 0 Å². The molecule has 0 spiro atoms. The lowest BCUT2D eigenvalue weighted by atomic mass is 9.68. The topological polar surface area (TPSA) is 139 Å². The van der Waals surface area contributed by atoms with E-state index in [4.69, 9.17) is 0 Å². The summed E-state index contributed by atoms with van der Waals surface area (Å²) in [5, 5.41) is 51.5. The first-order chi connectivity index (χ1) is 20.2. The van der Waals surface area contributed by atoms with E-state index in [0.717, 1.165) is 21.6 Å². The van der Waals surface area contributed by atoms with Crippen LogP contribution in [0.3, 0.4) is 0 Å². The third kappa shape index (κ3) is 5.69. The third-order valence-electron chi connectivity index (χ3n) is 8.41. The quantitative estimate of drug-likeness (QED) is 0.116. The number of phenolic OH excluding ortho intramolecular Hbond substituents is 1. The molecule has 1 heterocycles. The van der Waals surface area contributed by atoms with Crippen molar-refractivity contribution in [1.29, 1.82) is 0 Å². The number of nitrogens with zero attached hydrogens (tertiary/aromatic N) is 1. The Morgan fingerprint density at radius 2 is 1.71 bits per heavy atom. The van der Waals surface area contributed by atoms with Crippen molar-refractivity contribution in [1.82, 2.24) is 0 Å². The maximum absolute atomic E-state index is 13.7. The van der Waals surface area contributed by atoms with E-state index in [9.17, 15) is 35.0 Å². The van der Waals surface area contributed by atoms with E-state index in [2.05, 4.69) is 0 Å². The summed E-state index contributed by atoms with van der Waals surface area (Å²) in [5.74, 6) is -3.00. The Kier molecular flexibility index (Phi) is 8.75. The number of benzene rings is 3. The predicted octanol–water partition coefficient (Wildman–Crippen LogP) is 2.89. The Hall–Kier alpha value is -4.02. The number of carbonyl (C=O) groups is 2. The number of rotatable bonds is 9. The predicted molar refractivity (Wildman–Crippen MR) is 161 cm³/mol. The first-order valence-corrected chi connectivity index (χ1v) is 14.1. The van der Waals surface area contributed by atoms with Gasteiger partial charge >= 0.3 is 7.12 Å². The average molecular weight is 567 g/mol. The van der Waals surface area contributed by atoms with Gasteiger partial charge in [-0.3, -0.25) is 14.5 Å². The number of aliphatic hydroxyl groups excluding tert-OH is 2. The van der Waals surface area contributed by atoms with Crippen LogP contribution in [0.1, 0.15) is 37.3 Å². The number of aromatic hydroxyl groups is 1. The number of carbonyl (C=O) groups excluding carboxylic acids is 2. The average Bonchev–Trinajstić information content (AvgIpc) is 3.24. The summed E-state index contributed by atoms with van der Waals surface area (Å²) in [6.45, 7) is 1.42. The van der Waals surface area contributed by atoms with E-state index in [1.54, 1.807) is 24.3 Å². The van der Waals surface area contributed by atoms with Gasteiger partial charge in [-0.25, -0.2) is 0 Å². The summed E-state index contributed by atoms with van der Waals surface area (Å²) in [7, 11) is -1.75. The van der Waals surface area contributed by atoms with Crippen LogP contribution in [0.2, 0.25) is 0 Å². The monoisotopic (exact) mass is 567 g/mol. The van der Waals surface area contributed by atoms with Crippen LogP contribution in [0.5, 0.6) is 5.75 Å². The summed E-state index contributed by atoms with van der Waals surface area (Å²) >= 11 is 0. The number of anilines is 1. The molecule has 9 heteroatoms. The second kappa shape index (κ2) is 12.5. The van der Waals surface area contributed by atoms with Crippen LogP contribution in [0.15, 0.2) is 90.0 Å². The minimum atomic E-state index is -1.75. The molecule has 216 valence electrons. The molecule has 4 atom stereocenters. The number of amides is 2. The van der Waals surface area contributed by atoms with Crippen molar-refractivity contribution < 1.29 is 35.0 Å². The van der Waals surface area contributed by atoms with Gasteiger partial charge in [0.05, 0.1) is 30.2 Å². The molecule has 3 aromatic carbocycles.